The van der Waals surface area contributed by atoms with Gasteiger partial charge in [-0.2, -0.15) is 0 Å². The van der Waals surface area contributed by atoms with E-state index >= 15 is 0 Å². The molecule has 2 rings (SSSR count). The third kappa shape index (κ3) is 3.47. The quantitative estimate of drug-likeness (QED) is 0.864. The molecule has 0 spiro atoms. The minimum absolute atomic E-state index is 0. The highest BCUT2D eigenvalue weighted by molar-refractivity contribution is 5.96. The molecule has 1 aliphatic rings. The maximum Gasteiger partial charge on any atom is 0.251 e. The summed E-state index contributed by atoms with van der Waals surface area (Å²) in [5.74, 6) is 0.0486. The number of nitrogens with one attached hydrogen (secondary N) is 2. The Hall–Kier alpha value is -1.06. The Labute approximate surface area is 115 Å². The Morgan fingerprint density at radius 3 is 2.50 bits per heavy atom. The van der Waals surface area contributed by atoms with Crippen LogP contribution in [-0.2, 0) is 0 Å². The van der Waals surface area contributed by atoms with Gasteiger partial charge in [0.15, 0.2) is 0 Å². The second-order valence-electron chi connectivity index (χ2n) is 5.08. The van der Waals surface area contributed by atoms with Crippen LogP contribution in [0.1, 0.15) is 35.7 Å². The van der Waals surface area contributed by atoms with Gasteiger partial charge < -0.3 is 10.6 Å². The van der Waals surface area contributed by atoms with Crippen LogP contribution in [-0.4, -0.2) is 24.5 Å². The van der Waals surface area contributed by atoms with E-state index in [1.54, 1.807) is 0 Å². The minimum Gasteiger partial charge on any atom is -0.347 e. The van der Waals surface area contributed by atoms with E-state index in [2.05, 4.69) is 17.6 Å². The fraction of sp³-hybridized carbons (Fsp3) is 0.500. The van der Waals surface area contributed by atoms with Crippen molar-refractivity contribution in [2.24, 2.45) is 0 Å². The predicted octanol–water partition coefficient (Wildman–Crippen LogP) is 2.29. The molecule has 0 unspecified atom stereocenters. The number of benzene rings is 1. The number of carbonyl (C=O) groups is 1. The van der Waals surface area contributed by atoms with Gasteiger partial charge in [0.2, 0.25) is 0 Å². The number of amides is 1. The van der Waals surface area contributed by atoms with Gasteiger partial charge in [0.1, 0.15) is 0 Å². The smallest absolute Gasteiger partial charge is 0.251 e. The Morgan fingerprint density at radius 1 is 1.28 bits per heavy atom. The first-order valence-electron chi connectivity index (χ1n) is 6.20. The summed E-state index contributed by atoms with van der Waals surface area (Å²) < 4.78 is 0. The fourth-order valence-corrected chi connectivity index (χ4v) is 2.27. The molecule has 1 heterocycles. The Bertz CT molecular complexity index is 414. The number of carbonyl (C=O) groups excluding carboxylic acids is 1. The van der Waals surface area contributed by atoms with Gasteiger partial charge in [0, 0.05) is 11.1 Å². The molecule has 2 N–H and O–H groups in total. The fourth-order valence-electron chi connectivity index (χ4n) is 2.27. The highest BCUT2D eigenvalue weighted by Crippen LogP contribution is 2.18. The van der Waals surface area contributed by atoms with Crippen LogP contribution in [0.4, 0.5) is 0 Å². The molecule has 0 saturated carbocycles. The topological polar surface area (TPSA) is 41.1 Å². The van der Waals surface area contributed by atoms with E-state index in [4.69, 9.17) is 0 Å². The van der Waals surface area contributed by atoms with E-state index in [-0.39, 0.29) is 23.9 Å². The molecule has 1 aromatic carbocycles. The van der Waals surface area contributed by atoms with Gasteiger partial charge in [-0.1, -0.05) is 18.2 Å². The van der Waals surface area contributed by atoms with E-state index in [0.29, 0.717) is 0 Å². The van der Waals surface area contributed by atoms with Gasteiger partial charge in [0.05, 0.1) is 0 Å². The first-order valence-corrected chi connectivity index (χ1v) is 6.20. The summed E-state index contributed by atoms with van der Waals surface area (Å²) in [5, 5.41) is 6.49. The summed E-state index contributed by atoms with van der Waals surface area (Å²) in [6.07, 6.45) is 1.98. The molecule has 100 valence electrons. The highest BCUT2D eigenvalue weighted by atomic mass is 35.5. The zero-order valence-electron chi connectivity index (χ0n) is 11.0. The molecule has 1 saturated heterocycles. The third-order valence-corrected chi connectivity index (χ3v) is 3.51. The van der Waals surface area contributed by atoms with Crippen molar-refractivity contribution in [3.63, 3.8) is 0 Å². The number of hydrogen-bond acceptors (Lipinski definition) is 2. The molecule has 0 atom stereocenters. The van der Waals surface area contributed by atoms with Gasteiger partial charge in [-0.3, -0.25) is 4.79 Å². The van der Waals surface area contributed by atoms with E-state index in [1.165, 1.54) is 0 Å². The second kappa shape index (κ2) is 6.21. The number of piperidine rings is 1. The van der Waals surface area contributed by atoms with Crippen molar-refractivity contribution < 1.29 is 4.79 Å². The molecule has 1 amide bonds. The van der Waals surface area contributed by atoms with Crippen LogP contribution in [0.5, 0.6) is 0 Å². The lowest BCUT2D eigenvalue weighted by Gasteiger charge is -2.35. The highest BCUT2D eigenvalue weighted by Gasteiger charge is 2.28. The summed E-state index contributed by atoms with van der Waals surface area (Å²) in [4.78, 5) is 12.2. The van der Waals surface area contributed by atoms with Gasteiger partial charge in [-0.25, -0.2) is 0 Å². The average Bonchev–Trinajstić information content (AvgIpc) is 2.29. The zero-order chi connectivity index (χ0) is 12.3. The van der Waals surface area contributed by atoms with E-state index in [9.17, 15) is 4.79 Å². The van der Waals surface area contributed by atoms with Crippen molar-refractivity contribution in [1.82, 2.24) is 10.6 Å². The Kier molecular flexibility index (Phi) is 5.17. The number of hydrogen-bond donors (Lipinski definition) is 2. The molecule has 1 aliphatic heterocycles. The molecule has 0 bridgehead atoms. The summed E-state index contributed by atoms with van der Waals surface area (Å²) in [6, 6.07) is 7.72. The van der Waals surface area contributed by atoms with Crippen molar-refractivity contribution in [1.29, 1.82) is 0 Å². The van der Waals surface area contributed by atoms with Gasteiger partial charge in [0.25, 0.3) is 5.91 Å². The average molecular weight is 269 g/mol. The van der Waals surface area contributed by atoms with E-state index in [1.807, 2.05) is 31.2 Å². The maximum absolute atomic E-state index is 12.2. The number of aryl methyl sites for hydroxylation is 1. The van der Waals surface area contributed by atoms with Crippen molar-refractivity contribution in [3.8, 4) is 0 Å². The number of halogens is 1. The van der Waals surface area contributed by atoms with Crippen molar-refractivity contribution in [2.45, 2.75) is 32.2 Å². The SMILES string of the molecule is Cc1ccccc1C(=O)NC1(C)CCNCC1.Cl. The Balaban J connectivity index is 0.00000162. The third-order valence-electron chi connectivity index (χ3n) is 3.51. The van der Waals surface area contributed by atoms with E-state index < -0.39 is 0 Å². The van der Waals surface area contributed by atoms with Crippen molar-refractivity contribution in [3.05, 3.63) is 35.4 Å². The molecule has 1 aromatic rings. The monoisotopic (exact) mass is 268 g/mol. The van der Waals surface area contributed by atoms with Crippen LogP contribution in [0.3, 0.4) is 0 Å². The molecule has 4 heteroatoms. The van der Waals surface area contributed by atoms with Crippen molar-refractivity contribution in [2.75, 3.05) is 13.1 Å². The van der Waals surface area contributed by atoms with Gasteiger partial charge in [-0.15, -0.1) is 12.4 Å². The maximum atomic E-state index is 12.2. The molecule has 0 radical (unpaired) electrons. The lowest BCUT2D eigenvalue weighted by molar-refractivity contribution is 0.0887. The van der Waals surface area contributed by atoms with Gasteiger partial charge >= 0.3 is 0 Å². The minimum atomic E-state index is -0.0649. The molecule has 0 aromatic heterocycles. The van der Waals surface area contributed by atoms with Crippen LogP contribution in [0, 0.1) is 6.92 Å². The standard InChI is InChI=1S/C14H20N2O.ClH/c1-11-5-3-4-6-12(11)13(17)16-14(2)7-9-15-10-8-14;/h3-6,15H,7-10H2,1-2H3,(H,16,17);1H. The summed E-state index contributed by atoms with van der Waals surface area (Å²) in [7, 11) is 0. The first kappa shape index (κ1) is 15.0. The second-order valence-corrected chi connectivity index (χ2v) is 5.08. The van der Waals surface area contributed by atoms with Crippen LogP contribution in [0.15, 0.2) is 24.3 Å². The summed E-state index contributed by atoms with van der Waals surface area (Å²) in [5.41, 5.74) is 1.75. The lowest BCUT2D eigenvalue weighted by Crippen LogP contribution is -2.52. The molecule has 3 nitrogen and oxygen atoms in total. The van der Waals surface area contributed by atoms with Gasteiger partial charge in [-0.05, 0) is 51.4 Å². The van der Waals surface area contributed by atoms with Crippen LogP contribution < -0.4 is 10.6 Å². The zero-order valence-corrected chi connectivity index (χ0v) is 11.8. The predicted molar refractivity (Wildman–Crippen MR) is 76.4 cm³/mol. The normalized spacial score (nSPS) is 17.7. The molecular formula is C14H21ClN2O. The Morgan fingerprint density at radius 2 is 1.89 bits per heavy atom. The largest absolute Gasteiger partial charge is 0.347 e. The summed E-state index contributed by atoms with van der Waals surface area (Å²) >= 11 is 0. The van der Waals surface area contributed by atoms with Crippen molar-refractivity contribution >= 4 is 18.3 Å². The molecular weight excluding hydrogens is 248 g/mol. The summed E-state index contributed by atoms with van der Waals surface area (Å²) in [6.45, 7) is 6.05. The van der Waals surface area contributed by atoms with Crippen LogP contribution in [0.25, 0.3) is 0 Å². The van der Waals surface area contributed by atoms with Crippen LogP contribution in [0.2, 0.25) is 0 Å². The number of rotatable bonds is 2. The molecule has 1 fully saturated rings. The molecule has 0 aliphatic carbocycles. The van der Waals surface area contributed by atoms with E-state index in [0.717, 1.165) is 37.1 Å². The molecule has 18 heavy (non-hydrogen) atoms. The lowest BCUT2D eigenvalue weighted by atomic mass is 9.90. The van der Waals surface area contributed by atoms with Crippen LogP contribution >= 0.6 is 12.4 Å². The first-order chi connectivity index (χ1) is 8.11.